The van der Waals surface area contributed by atoms with Gasteiger partial charge in [0.15, 0.2) is 15.8 Å². The molecule has 31 heavy (non-hydrogen) atoms. The van der Waals surface area contributed by atoms with E-state index in [1.165, 1.54) is 41.3 Å². The second-order valence-electron chi connectivity index (χ2n) is 6.49. The third-order valence-corrected chi connectivity index (χ3v) is 6.49. The van der Waals surface area contributed by atoms with Crippen LogP contribution in [-0.4, -0.2) is 29.3 Å². The summed E-state index contributed by atoms with van der Waals surface area (Å²) in [4.78, 5) is 12.2. The third kappa shape index (κ3) is 5.96. The van der Waals surface area contributed by atoms with Gasteiger partial charge in [0.25, 0.3) is 0 Å². The fourth-order valence-corrected chi connectivity index (χ4v) is 4.69. The van der Waals surface area contributed by atoms with Crippen molar-refractivity contribution in [2.75, 3.05) is 18.5 Å². The molecule has 0 saturated carbocycles. The first kappa shape index (κ1) is 21.6. The average Bonchev–Trinajstić information content (AvgIpc) is 3.05. The van der Waals surface area contributed by atoms with E-state index in [-0.39, 0.29) is 11.7 Å². The normalized spacial score (nSPS) is 13.2. The molecule has 1 aliphatic heterocycles. The molecule has 160 valence electrons. The number of rotatable bonds is 6. The molecular weight excluding hydrogens is 461 g/mol. The molecule has 10 heteroatoms. The zero-order valence-corrected chi connectivity index (χ0v) is 18.5. The maximum Gasteiger partial charge on any atom is 0.250 e. The fraction of sp³-hybridized carbons (Fsp3) is 0.190. The van der Waals surface area contributed by atoms with Crippen LogP contribution in [0.5, 0.6) is 11.5 Å². The topological polar surface area (TPSA) is 73.3 Å². The molecule has 1 N–H and O–H groups in total. The van der Waals surface area contributed by atoms with Crippen LogP contribution < -0.4 is 14.8 Å². The average molecular weight is 478 g/mol. The van der Waals surface area contributed by atoms with Gasteiger partial charge in [0.05, 0.1) is 18.2 Å². The number of carbonyl (C=O) groups is 1. The molecule has 4 rings (SSSR count). The summed E-state index contributed by atoms with van der Waals surface area (Å²) in [6, 6.07) is 9.79. The van der Waals surface area contributed by atoms with Gasteiger partial charge >= 0.3 is 0 Å². The van der Waals surface area contributed by atoms with Crippen molar-refractivity contribution in [3.63, 3.8) is 0 Å². The number of nitrogens with one attached hydrogen (secondary N) is 1. The number of halogens is 2. The highest BCUT2D eigenvalue weighted by Crippen LogP contribution is 2.38. The smallest absolute Gasteiger partial charge is 0.250 e. The van der Waals surface area contributed by atoms with E-state index in [1.54, 1.807) is 30.3 Å². The van der Waals surface area contributed by atoms with Gasteiger partial charge in [0.2, 0.25) is 11.0 Å². The summed E-state index contributed by atoms with van der Waals surface area (Å²) in [5.74, 6) is 1.12. The Bertz CT molecular complexity index is 1110. The number of benzene rings is 2. The van der Waals surface area contributed by atoms with Gasteiger partial charge in [-0.05, 0) is 41.5 Å². The quantitative estimate of drug-likeness (QED) is 0.289. The van der Waals surface area contributed by atoms with Crippen LogP contribution in [0.1, 0.15) is 17.5 Å². The van der Waals surface area contributed by atoms with Gasteiger partial charge in [0.1, 0.15) is 5.82 Å². The molecule has 0 fully saturated rings. The predicted octanol–water partition coefficient (Wildman–Crippen LogP) is 5.44. The largest absolute Gasteiger partial charge is 0.489 e. The van der Waals surface area contributed by atoms with Gasteiger partial charge in [0, 0.05) is 18.2 Å². The van der Waals surface area contributed by atoms with Gasteiger partial charge in [-0.2, -0.15) is 0 Å². The SMILES string of the molecule is O=C(/C=C/c1cc(Cl)c2c(c1)OCCCO2)Nc1nnc(SCc2ccc(F)cc2)s1. The number of hydrogen-bond donors (Lipinski definition) is 1. The van der Waals surface area contributed by atoms with Crippen molar-refractivity contribution in [2.45, 2.75) is 16.5 Å². The molecule has 0 aliphatic carbocycles. The molecular formula is C21H17ClFN3O3S2. The van der Waals surface area contributed by atoms with Crippen molar-refractivity contribution in [1.82, 2.24) is 10.2 Å². The Morgan fingerprint density at radius 3 is 2.87 bits per heavy atom. The molecule has 2 aromatic carbocycles. The number of ether oxygens (including phenoxy) is 2. The van der Waals surface area contributed by atoms with Crippen molar-refractivity contribution in [3.05, 3.63) is 64.4 Å². The second kappa shape index (κ2) is 10.1. The van der Waals surface area contributed by atoms with E-state index in [9.17, 15) is 9.18 Å². The summed E-state index contributed by atoms with van der Waals surface area (Å²) >= 11 is 9.01. The van der Waals surface area contributed by atoms with E-state index in [0.29, 0.717) is 45.0 Å². The third-order valence-electron chi connectivity index (χ3n) is 4.16. The second-order valence-corrected chi connectivity index (χ2v) is 9.10. The molecule has 1 amide bonds. The molecule has 0 atom stereocenters. The monoisotopic (exact) mass is 477 g/mol. The van der Waals surface area contributed by atoms with Crippen LogP contribution in [0.25, 0.3) is 6.08 Å². The highest BCUT2D eigenvalue weighted by molar-refractivity contribution is 8.00. The van der Waals surface area contributed by atoms with Crippen LogP contribution in [0.4, 0.5) is 9.52 Å². The zero-order chi connectivity index (χ0) is 21.6. The minimum absolute atomic E-state index is 0.267. The molecule has 0 saturated heterocycles. The minimum Gasteiger partial charge on any atom is -0.489 e. The Morgan fingerprint density at radius 2 is 2.03 bits per heavy atom. The summed E-state index contributed by atoms with van der Waals surface area (Å²) in [5, 5.41) is 11.6. The standard InChI is InChI=1S/C21H17ClFN3O3S2/c22-16-10-14(11-17-19(16)29-9-1-8-28-17)4-7-18(27)24-20-25-26-21(31-20)30-12-13-2-5-15(23)6-3-13/h2-7,10-11H,1,8-9,12H2,(H,24,25,27)/b7-4+. The lowest BCUT2D eigenvalue weighted by molar-refractivity contribution is -0.111. The Labute approximate surface area is 191 Å². The number of nitrogens with zero attached hydrogens (tertiary/aromatic N) is 2. The van der Waals surface area contributed by atoms with Crippen LogP contribution in [0.3, 0.4) is 0 Å². The van der Waals surface area contributed by atoms with E-state index in [4.69, 9.17) is 21.1 Å². The zero-order valence-electron chi connectivity index (χ0n) is 16.1. The maximum absolute atomic E-state index is 13.0. The minimum atomic E-state index is -0.338. The summed E-state index contributed by atoms with van der Waals surface area (Å²) < 4.78 is 24.9. The van der Waals surface area contributed by atoms with Crippen molar-refractivity contribution in [1.29, 1.82) is 0 Å². The van der Waals surface area contributed by atoms with Crippen LogP contribution in [-0.2, 0) is 10.5 Å². The lowest BCUT2D eigenvalue weighted by Crippen LogP contribution is -2.07. The first-order valence-electron chi connectivity index (χ1n) is 9.36. The molecule has 1 aromatic heterocycles. The molecule has 0 bridgehead atoms. The molecule has 0 radical (unpaired) electrons. The van der Waals surface area contributed by atoms with E-state index in [1.807, 2.05) is 0 Å². The van der Waals surface area contributed by atoms with Gasteiger partial charge in [-0.3, -0.25) is 10.1 Å². The van der Waals surface area contributed by atoms with Gasteiger partial charge < -0.3 is 9.47 Å². The molecule has 6 nitrogen and oxygen atoms in total. The highest BCUT2D eigenvalue weighted by atomic mass is 35.5. The predicted molar refractivity (Wildman–Crippen MR) is 121 cm³/mol. The Balaban J connectivity index is 1.34. The molecule has 2 heterocycles. The number of hydrogen-bond acceptors (Lipinski definition) is 7. The summed E-state index contributed by atoms with van der Waals surface area (Å²) in [5.41, 5.74) is 1.70. The van der Waals surface area contributed by atoms with Crippen LogP contribution in [0, 0.1) is 5.82 Å². The number of carbonyl (C=O) groups excluding carboxylic acids is 1. The van der Waals surface area contributed by atoms with E-state index in [0.717, 1.165) is 17.5 Å². The lowest BCUT2D eigenvalue weighted by atomic mass is 10.2. The molecule has 0 spiro atoms. The van der Waals surface area contributed by atoms with E-state index < -0.39 is 0 Å². The maximum atomic E-state index is 13.0. The number of thioether (sulfide) groups is 1. The van der Waals surface area contributed by atoms with E-state index >= 15 is 0 Å². The number of anilines is 1. The molecule has 3 aromatic rings. The molecule has 0 unspecified atom stereocenters. The van der Waals surface area contributed by atoms with Gasteiger partial charge in [-0.15, -0.1) is 10.2 Å². The number of fused-ring (bicyclic) bond motifs is 1. The van der Waals surface area contributed by atoms with Crippen LogP contribution in [0.2, 0.25) is 5.02 Å². The Hall–Kier alpha value is -2.62. The first-order chi connectivity index (χ1) is 15.1. The van der Waals surface area contributed by atoms with Crippen LogP contribution >= 0.6 is 34.7 Å². The van der Waals surface area contributed by atoms with Gasteiger partial charge in [-0.1, -0.05) is 46.8 Å². The highest BCUT2D eigenvalue weighted by Gasteiger charge is 2.15. The Kier molecular flexibility index (Phi) is 7.06. The van der Waals surface area contributed by atoms with Crippen LogP contribution in [0.15, 0.2) is 46.8 Å². The number of aromatic nitrogens is 2. The van der Waals surface area contributed by atoms with Crippen molar-refractivity contribution in [2.24, 2.45) is 0 Å². The fourth-order valence-electron chi connectivity index (χ4n) is 2.71. The summed E-state index contributed by atoms with van der Waals surface area (Å²) in [6.07, 6.45) is 3.81. The number of amides is 1. The summed E-state index contributed by atoms with van der Waals surface area (Å²) in [7, 11) is 0. The van der Waals surface area contributed by atoms with Crippen molar-refractivity contribution in [3.8, 4) is 11.5 Å². The van der Waals surface area contributed by atoms with E-state index in [2.05, 4.69) is 15.5 Å². The Morgan fingerprint density at radius 1 is 1.23 bits per heavy atom. The summed E-state index contributed by atoms with van der Waals surface area (Å²) in [6.45, 7) is 1.10. The lowest BCUT2D eigenvalue weighted by Gasteiger charge is -2.09. The van der Waals surface area contributed by atoms with Crippen molar-refractivity contribution >= 4 is 51.8 Å². The van der Waals surface area contributed by atoms with Gasteiger partial charge in [-0.25, -0.2) is 4.39 Å². The van der Waals surface area contributed by atoms with Crippen molar-refractivity contribution < 1.29 is 18.7 Å². The molecule has 1 aliphatic rings. The first-order valence-corrected chi connectivity index (χ1v) is 11.5.